The lowest BCUT2D eigenvalue weighted by atomic mass is 9.94. The van der Waals surface area contributed by atoms with Crippen molar-refractivity contribution in [3.8, 4) is 11.1 Å². The van der Waals surface area contributed by atoms with Gasteiger partial charge in [-0.1, -0.05) is 42.5 Å². The highest BCUT2D eigenvalue weighted by atomic mass is 32.1. The number of aryl methyl sites for hydroxylation is 1. The Hall–Kier alpha value is -2.51. The average molecular weight is 480 g/mol. The number of hydrogen-bond donors (Lipinski definition) is 2. The van der Waals surface area contributed by atoms with E-state index in [4.69, 9.17) is 4.74 Å². The molecule has 2 aromatic carbocycles. The maximum absolute atomic E-state index is 11.4. The van der Waals surface area contributed by atoms with Crippen molar-refractivity contribution in [2.75, 3.05) is 19.7 Å². The molecule has 0 aliphatic carbocycles. The summed E-state index contributed by atoms with van der Waals surface area (Å²) in [5.74, 6) is -0.918. The molecule has 34 heavy (non-hydrogen) atoms. The van der Waals surface area contributed by atoms with E-state index in [0.717, 1.165) is 35.2 Å². The van der Waals surface area contributed by atoms with Crippen LogP contribution in [0, 0.1) is 6.92 Å². The Kier molecular flexibility index (Phi) is 8.16. The third kappa shape index (κ3) is 5.94. The van der Waals surface area contributed by atoms with Crippen molar-refractivity contribution in [1.82, 2.24) is 4.90 Å². The predicted molar refractivity (Wildman–Crippen MR) is 137 cm³/mol. The maximum atomic E-state index is 11.4. The Balaban J connectivity index is 1.37. The van der Waals surface area contributed by atoms with Crippen LogP contribution in [-0.2, 0) is 11.2 Å². The summed E-state index contributed by atoms with van der Waals surface area (Å²) in [5, 5.41) is 22.2. The number of nitrogens with zero attached hydrogens (tertiary/aromatic N) is 1. The number of ether oxygens (including phenoxy) is 1. The molecule has 0 amide bonds. The van der Waals surface area contributed by atoms with Crippen molar-refractivity contribution in [1.29, 1.82) is 0 Å². The van der Waals surface area contributed by atoms with E-state index >= 15 is 0 Å². The Morgan fingerprint density at radius 3 is 2.76 bits per heavy atom. The quantitative estimate of drug-likeness (QED) is 0.398. The summed E-state index contributed by atoms with van der Waals surface area (Å²) >= 11 is 1.80. The van der Waals surface area contributed by atoms with Crippen LogP contribution in [-0.4, -0.2) is 52.9 Å². The number of carboxylic acids is 1. The Labute approximate surface area is 205 Å². The van der Waals surface area contributed by atoms with Gasteiger partial charge in [-0.05, 0) is 79.4 Å². The van der Waals surface area contributed by atoms with Gasteiger partial charge in [0.05, 0.1) is 24.4 Å². The van der Waals surface area contributed by atoms with E-state index in [-0.39, 0.29) is 12.7 Å². The van der Waals surface area contributed by atoms with Crippen molar-refractivity contribution >= 4 is 17.3 Å². The number of carbonyl (C=O) groups is 1. The fourth-order valence-corrected chi connectivity index (χ4v) is 5.66. The van der Waals surface area contributed by atoms with E-state index in [1.54, 1.807) is 17.4 Å². The summed E-state index contributed by atoms with van der Waals surface area (Å²) < 4.78 is 6.13. The maximum Gasteiger partial charge on any atom is 0.335 e. The van der Waals surface area contributed by atoms with Gasteiger partial charge in [0, 0.05) is 17.5 Å². The van der Waals surface area contributed by atoms with Crippen molar-refractivity contribution < 1.29 is 19.7 Å². The zero-order valence-corrected chi connectivity index (χ0v) is 20.6. The second-order valence-electron chi connectivity index (χ2n) is 9.13. The number of aliphatic hydroxyl groups is 1. The van der Waals surface area contributed by atoms with Gasteiger partial charge in [-0.3, -0.25) is 4.90 Å². The molecule has 4 rings (SSSR count). The first kappa shape index (κ1) is 24.6. The van der Waals surface area contributed by atoms with Crippen LogP contribution in [0.25, 0.3) is 11.1 Å². The summed E-state index contributed by atoms with van der Waals surface area (Å²) in [6, 6.07) is 18.2. The third-order valence-corrected chi connectivity index (χ3v) is 7.57. The topological polar surface area (TPSA) is 70.0 Å². The molecule has 0 radical (unpaired) electrons. The lowest BCUT2D eigenvalue weighted by Crippen LogP contribution is -2.39. The lowest BCUT2D eigenvalue weighted by Gasteiger charge is -2.27. The number of hydrogen-bond acceptors (Lipinski definition) is 5. The molecular weight excluding hydrogens is 446 g/mol. The molecule has 180 valence electrons. The number of benzene rings is 2. The van der Waals surface area contributed by atoms with Crippen molar-refractivity contribution in [3.63, 3.8) is 0 Å². The number of aromatic carboxylic acids is 1. The Bertz CT molecular complexity index is 1100. The normalized spacial score (nSPS) is 18.1. The summed E-state index contributed by atoms with van der Waals surface area (Å²) in [5.41, 5.74) is 4.04. The summed E-state index contributed by atoms with van der Waals surface area (Å²) in [4.78, 5) is 15.2. The number of aliphatic hydroxyl groups excluding tert-OH is 1. The molecule has 1 aromatic heterocycles. The van der Waals surface area contributed by atoms with Gasteiger partial charge in [-0.15, -0.1) is 11.3 Å². The van der Waals surface area contributed by atoms with E-state index in [9.17, 15) is 15.0 Å². The van der Waals surface area contributed by atoms with Crippen molar-refractivity contribution in [2.45, 2.75) is 51.4 Å². The molecule has 2 N–H and O–H groups in total. The smallest absolute Gasteiger partial charge is 0.335 e. The molecule has 0 unspecified atom stereocenters. The van der Waals surface area contributed by atoms with Gasteiger partial charge in [-0.25, -0.2) is 4.79 Å². The van der Waals surface area contributed by atoms with Gasteiger partial charge in [0.15, 0.2) is 0 Å². The summed E-state index contributed by atoms with van der Waals surface area (Å²) in [6.45, 7) is 5.74. The summed E-state index contributed by atoms with van der Waals surface area (Å²) in [7, 11) is 0. The van der Waals surface area contributed by atoms with Gasteiger partial charge in [-0.2, -0.15) is 0 Å². The fraction of sp³-hybridized carbons (Fsp3) is 0.393. The first-order chi connectivity index (χ1) is 16.4. The minimum atomic E-state index is -0.918. The molecule has 5 nitrogen and oxygen atoms in total. The van der Waals surface area contributed by atoms with Crippen molar-refractivity contribution in [3.05, 3.63) is 81.5 Å². The molecule has 3 aromatic rings. The first-order valence-electron chi connectivity index (χ1n) is 11.9. The van der Waals surface area contributed by atoms with Crippen LogP contribution in [0.1, 0.15) is 52.2 Å². The van der Waals surface area contributed by atoms with Gasteiger partial charge in [0.1, 0.15) is 0 Å². The zero-order chi connectivity index (χ0) is 24.1. The van der Waals surface area contributed by atoms with Gasteiger partial charge < -0.3 is 14.9 Å². The van der Waals surface area contributed by atoms with Crippen LogP contribution in [0.15, 0.2) is 60.0 Å². The first-order valence-corrected chi connectivity index (χ1v) is 12.8. The number of β-amino-alcohol motifs (C(OH)–C–C–N with tert-alkyl or cyclic N) is 1. The highest BCUT2D eigenvalue weighted by Crippen LogP contribution is 2.31. The number of likely N-dealkylation sites (tertiary alicyclic amines) is 1. The molecule has 1 aliphatic rings. The number of rotatable bonds is 10. The fourth-order valence-electron chi connectivity index (χ4n) is 4.88. The Morgan fingerprint density at radius 1 is 1.21 bits per heavy atom. The highest BCUT2D eigenvalue weighted by molar-refractivity contribution is 7.09. The van der Waals surface area contributed by atoms with Crippen molar-refractivity contribution in [2.24, 2.45) is 0 Å². The molecule has 3 atom stereocenters. The lowest BCUT2D eigenvalue weighted by molar-refractivity contribution is -0.0169. The second-order valence-corrected chi connectivity index (χ2v) is 10.2. The minimum absolute atomic E-state index is 0.203. The summed E-state index contributed by atoms with van der Waals surface area (Å²) in [6.07, 6.45) is 2.65. The van der Waals surface area contributed by atoms with E-state index in [1.165, 1.54) is 17.7 Å². The second kappa shape index (κ2) is 11.3. The number of thiophene rings is 1. The van der Waals surface area contributed by atoms with Gasteiger partial charge in [0.25, 0.3) is 0 Å². The van der Waals surface area contributed by atoms with Crippen LogP contribution in [0.2, 0.25) is 0 Å². The largest absolute Gasteiger partial charge is 0.478 e. The van der Waals surface area contributed by atoms with Crippen LogP contribution in [0.5, 0.6) is 0 Å². The highest BCUT2D eigenvalue weighted by Gasteiger charge is 2.27. The van der Waals surface area contributed by atoms with Crippen LogP contribution < -0.4 is 0 Å². The molecule has 6 heteroatoms. The predicted octanol–water partition coefficient (Wildman–Crippen LogP) is 5.57. The van der Waals surface area contributed by atoms with Gasteiger partial charge in [0.2, 0.25) is 0 Å². The molecule has 0 spiro atoms. The van der Waals surface area contributed by atoms with E-state index < -0.39 is 12.1 Å². The molecule has 1 saturated heterocycles. The van der Waals surface area contributed by atoms with Gasteiger partial charge >= 0.3 is 5.97 Å². The zero-order valence-electron chi connectivity index (χ0n) is 19.8. The average Bonchev–Trinajstić information content (AvgIpc) is 3.50. The third-order valence-electron chi connectivity index (χ3n) is 6.67. The standard InChI is InChI=1S/C28H33NO4S/c1-19-15-21(11-12-25(19)28(31)32)27-10-4-3-9-26(27)20(2)33-18-23(30)17-29-13-5-7-22(29)16-24-8-6-14-34-24/h3-4,6,8-12,14-15,20,22-23,30H,5,7,13,16-18H2,1-2H3,(H,31,32)/t20-,22+,23-/m1/s1. The molecule has 1 fully saturated rings. The van der Waals surface area contributed by atoms with E-state index in [2.05, 4.69) is 22.4 Å². The van der Waals surface area contributed by atoms with Crippen LogP contribution in [0.3, 0.4) is 0 Å². The molecule has 0 saturated carbocycles. The molecule has 1 aliphatic heterocycles. The molecular formula is C28H33NO4S. The van der Waals surface area contributed by atoms with E-state index in [1.807, 2.05) is 50.2 Å². The number of carboxylic acid groups (broad SMARTS) is 1. The van der Waals surface area contributed by atoms with Crippen LogP contribution in [0.4, 0.5) is 0 Å². The minimum Gasteiger partial charge on any atom is -0.478 e. The monoisotopic (exact) mass is 479 g/mol. The molecule has 0 bridgehead atoms. The SMILES string of the molecule is Cc1cc(-c2ccccc2[C@@H](C)OC[C@H](O)CN2CCC[C@H]2Cc2cccs2)ccc1C(=O)O. The Morgan fingerprint density at radius 2 is 2.03 bits per heavy atom. The van der Waals surface area contributed by atoms with E-state index in [0.29, 0.717) is 18.2 Å². The molecule has 2 heterocycles. The van der Waals surface area contributed by atoms with Crippen LogP contribution >= 0.6 is 11.3 Å².